The molecule has 0 unspecified atom stereocenters. The summed E-state index contributed by atoms with van der Waals surface area (Å²) in [6, 6.07) is 16.7. The molecule has 90 valence electrons. The minimum Gasteiger partial charge on any atom is -0.399 e. The van der Waals surface area contributed by atoms with Crippen LogP contribution in [0.25, 0.3) is 16.6 Å². The summed E-state index contributed by atoms with van der Waals surface area (Å²) in [7, 11) is 0. The van der Waals surface area contributed by atoms with Gasteiger partial charge in [-0.25, -0.2) is 0 Å². The van der Waals surface area contributed by atoms with Gasteiger partial charge in [0.05, 0.1) is 5.52 Å². The van der Waals surface area contributed by atoms with Crippen molar-refractivity contribution in [2.24, 2.45) is 0 Å². The van der Waals surface area contributed by atoms with Gasteiger partial charge in [0.2, 0.25) is 0 Å². The first kappa shape index (κ1) is 11.2. The number of nitrogens with two attached hydrogens (primary N) is 1. The third-order valence-corrected chi connectivity index (χ3v) is 3.81. The minimum atomic E-state index is 0.804. The lowest BCUT2D eigenvalue weighted by Gasteiger charge is -2.06. The SMILES string of the molecule is CSc1ccc(-n2ccc3cc(N)ccc32)cc1. The lowest BCUT2D eigenvalue weighted by Crippen LogP contribution is -1.91. The maximum Gasteiger partial charge on any atom is 0.0529 e. The number of rotatable bonds is 2. The predicted octanol–water partition coefficient (Wildman–Crippen LogP) is 3.93. The fourth-order valence-corrected chi connectivity index (χ4v) is 2.54. The van der Waals surface area contributed by atoms with E-state index in [4.69, 9.17) is 5.73 Å². The van der Waals surface area contributed by atoms with Crippen LogP contribution in [0.15, 0.2) is 59.6 Å². The standard InChI is InChI=1S/C15H14N2S/c1-18-14-5-3-13(4-6-14)17-9-8-11-10-12(16)2-7-15(11)17/h2-10H,16H2,1H3. The normalized spacial score (nSPS) is 10.9. The molecule has 0 aliphatic heterocycles. The second-order valence-corrected chi connectivity index (χ2v) is 5.08. The van der Waals surface area contributed by atoms with Gasteiger partial charge in [-0.05, 0) is 54.8 Å². The molecular formula is C15H14N2S. The average molecular weight is 254 g/mol. The quantitative estimate of drug-likeness (QED) is 0.555. The molecule has 0 aliphatic carbocycles. The smallest absolute Gasteiger partial charge is 0.0529 e. The lowest BCUT2D eigenvalue weighted by molar-refractivity contribution is 1.12. The molecule has 1 aromatic heterocycles. The van der Waals surface area contributed by atoms with Crippen LogP contribution in [-0.4, -0.2) is 10.8 Å². The highest BCUT2D eigenvalue weighted by molar-refractivity contribution is 7.98. The van der Waals surface area contributed by atoms with Crippen molar-refractivity contribution in [3.05, 3.63) is 54.7 Å². The van der Waals surface area contributed by atoms with Crippen molar-refractivity contribution in [1.82, 2.24) is 4.57 Å². The fourth-order valence-electron chi connectivity index (χ4n) is 2.13. The van der Waals surface area contributed by atoms with E-state index < -0.39 is 0 Å². The van der Waals surface area contributed by atoms with Gasteiger partial charge < -0.3 is 10.3 Å². The molecule has 18 heavy (non-hydrogen) atoms. The number of anilines is 1. The summed E-state index contributed by atoms with van der Waals surface area (Å²) in [4.78, 5) is 1.28. The van der Waals surface area contributed by atoms with Gasteiger partial charge in [0.1, 0.15) is 0 Å². The first-order valence-electron chi connectivity index (χ1n) is 5.79. The molecule has 0 atom stereocenters. The second kappa shape index (κ2) is 4.42. The van der Waals surface area contributed by atoms with Gasteiger partial charge >= 0.3 is 0 Å². The van der Waals surface area contributed by atoms with Crippen molar-refractivity contribution in [3.63, 3.8) is 0 Å². The Kier molecular flexibility index (Phi) is 2.76. The predicted molar refractivity (Wildman–Crippen MR) is 79.5 cm³/mol. The molecule has 2 aromatic carbocycles. The summed E-state index contributed by atoms with van der Waals surface area (Å²) in [6.45, 7) is 0. The van der Waals surface area contributed by atoms with Gasteiger partial charge in [-0.15, -0.1) is 11.8 Å². The first-order chi connectivity index (χ1) is 8.78. The van der Waals surface area contributed by atoms with Gasteiger partial charge in [0.15, 0.2) is 0 Å². The molecule has 3 heteroatoms. The maximum absolute atomic E-state index is 5.80. The molecule has 2 nitrogen and oxygen atoms in total. The fraction of sp³-hybridized carbons (Fsp3) is 0.0667. The first-order valence-corrected chi connectivity index (χ1v) is 7.01. The van der Waals surface area contributed by atoms with E-state index in [-0.39, 0.29) is 0 Å². The van der Waals surface area contributed by atoms with Crippen molar-refractivity contribution >= 4 is 28.4 Å². The largest absolute Gasteiger partial charge is 0.399 e. The summed E-state index contributed by atoms with van der Waals surface area (Å²) in [5.74, 6) is 0. The van der Waals surface area contributed by atoms with E-state index in [1.807, 2.05) is 12.1 Å². The molecule has 3 rings (SSSR count). The number of nitrogen functional groups attached to an aromatic ring is 1. The molecule has 0 aliphatic rings. The van der Waals surface area contributed by atoms with Crippen molar-refractivity contribution in [1.29, 1.82) is 0 Å². The number of hydrogen-bond acceptors (Lipinski definition) is 2. The van der Waals surface area contributed by atoms with Crippen LogP contribution in [-0.2, 0) is 0 Å². The molecule has 2 N–H and O–H groups in total. The van der Waals surface area contributed by atoms with Crippen LogP contribution in [0.4, 0.5) is 5.69 Å². The molecule has 0 bridgehead atoms. The average Bonchev–Trinajstić information content (AvgIpc) is 2.81. The number of fused-ring (bicyclic) bond motifs is 1. The Bertz CT molecular complexity index is 683. The zero-order valence-corrected chi connectivity index (χ0v) is 10.9. The summed E-state index contributed by atoms with van der Waals surface area (Å²) >= 11 is 1.75. The topological polar surface area (TPSA) is 30.9 Å². The van der Waals surface area contributed by atoms with Crippen molar-refractivity contribution in [2.75, 3.05) is 12.0 Å². The van der Waals surface area contributed by atoms with Crippen molar-refractivity contribution < 1.29 is 0 Å². The summed E-state index contributed by atoms with van der Waals surface area (Å²) < 4.78 is 2.18. The van der Waals surface area contributed by atoms with Crippen LogP contribution in [0.5, 0.6) is 0 Å². The number of thioether (sulfide) groups is 1. The molecule has 0 saturated carbocycles. The van der Waals surface area contributed by atoms with Gasteiger partial charge in [-0.3, -0.25) is 0 Å². The molecule has 1 heterocycles. The van der Waals surface area contributed by atoms with E-state index in [0.717, 1.165) is 5.69 Å². The molecule has 0 spiro atoms. The summed E-state index contributed by atoms with van der Waals surface area (Å²) in [6.07, 6.45) is 4.17. The van der Waals surface area contributed by atoms with E-state index >= 15 is 0 Å². The Morgan fingerprint density at radius 3 is 2.50 bits per heavy atom. The zero-order valence-electron chi connectivity index (χ0n) is 10.1. The second-order valence-electron chi connectivity index (χ2n) is 4.20. The highest BCUT2D eigenvalue weighted by Crippen LogP contribution is 2.24. The Hall–Kier alpha value is -1.87. The summed E-state index contributed by atoms with van der Waals surface area (Å²) in [5.41, 5.74) is 8.96. The molecule has 0 saturated heterocycles. The number of aromatic nitrogens is 1. The van der Waals surface area contributed by atoms with Crippen molar-refractivity contribution in [3.8, 4) is 5.69 Å². The maximum atomic E-state index is 5.80. The third-order valence-electron chi connectivity index (χ3n) is 3.06. The Labute approximate surface area is 110 Å². The van der Waals surface area contributed by atoms with Crippen LogP contribution < -0.4 is 5.73 Å². The molecular weight excluding hydrogens is 240 g/mol. The number of nitrogens with zero attached hydrogens (tertiary/aromatic N) is 1. The Morgan fingerprint density at radius 2 is 1.78 bits per heavy atom. The third kappa shape index (κ3) is 1.87. The van der Waals surface area contributed by atoms with Crippen LogP contribution in [0.3, 0.4) is 0 Å². The summed E-state index contributed by atoms with van der Waals surface area (Å²) in [5, 5.41) is 1.17. The number of benzene rings is 2. The van der Waals surface area contributed by atoms with E-state index in [1.54, 1.807) is 11.8 Å². The van der Waals surface area contributed by atoms with Gasteiger partial charge in [-0.1, -0.05) is 0 Å². The van der Waals surface area contributed by atoms with Crippen LogP contribution in [0, 0.1) is 0 Å². The number of hydrogen-bond donors (Lipinski definition) is 1. The van der Waals surface area contributed by atoms with Crippen LogP contribution in [0.1, 0.15) is 0 Å². The molecule has 0 fully saturated rings. The van der Waals surface area contributed by atoms with Crippen LogP contribution in [0.2, 0.25) is 0 Å². The van der Waals surface area contributed by atoms with Gasteiger partial charge in [-0.2, -0.15) is 0 Å². The highest BCUT2D eigenvalue weighted by Gasteiger charge is 2.03. The van der Waals surface area contributed by atoms with E-state index in [2.05, 4.69) is 53.4 Å². The molecule has 0 amide bonds. The lowest BCUT2D eigenvalue weighted by atomic mass is 10.2. The van der Waals surface area contributed by atoms with E-state index in [1.165, 1.54) is 21.5 Å². The molecule has 3 aromatic rings. The zero-order chi connectivity index (χ0) is 12.5. The Balaban J connectivity index is 2.13. The highest BCUT2D eigenvalue weighted by atomic mass is 32.2. The van der Waals surface area contributed by atoms with E-state index in [0.29, 0.717) is 0 Å². The molecule has 0 radical (unpaired) electrons. The van der Waals surface area contributed by atoms with Crippen molar-refractivity contribution in [2.45, 2.75) is 4.90 Å². The van der Waals surface area contributed by atoms with Gasteiger partial charge in [0, 0.05) is 27.9 Å². The monoisotopic (exact) mass is 254 g/mol. The van der Waals surface area contributed by atoms with Crippen LogP contribution >= 0.6 is 11.8 Å². The minimum absolute atomic E-state index is 0.804. The van der Waals surface area contributed by atoms with E-state index in [9.17, 15) is 0 Å². The Morgan fingerprint density at radius 1 is 1.00 bits per heavy atom. The van der Waals surface area contributed by atoms with Gasteiger partial charge in [0.25, 0.3) is 0 Å².